The first-order valence-electron chi connectivity index (χ1n) is 10.8. The molecule has 0 radical (unpaired) electrons. The van der Waals surface area contributed by atoms with Crippen LogP contribution in [0, 0.1) is 6.92 Å². The maximum Gasteiger partial charge on any atom is 0.352 e. The topological polar surface area (TPSA) is 77.2 Å². The Morgan fingerprint density at radius 3 is 2.34 bits per heavy atom. The molecule has 1 heterocycles. The molecular weight excluding hydrogens is 487 g/mol. The molecule has 0 fully saturated rings. The van der Waals surface area contributed by atoms with Crippen LogP contribution in [0.2, 0.25) is 10.0 Å². The molecule has 0 bridgehead atoms. The summed E-state index contributed by atoms with van der Waals surface area (Å²) in [5.41, 5.74) is 0.821. The monoisotopic (exact) mass is 508 g/mol. The Bertz CT molecular complexity index is 1510. The first-order valence-corrected chi connectivity index (χ1v) is 11.5. The van der Waals surface area contributed by atoms with Crippen LogP contribution in [0.4, 0.5) is 0 Å². The zero-order chi connectivity index (χ0) is 25.1. The second kappa shape index (κ2) is 10.3. The van der Waals surface area contributed by atoms with Gasteiger partial charge in [0.1, 0.15) is 0 Å². The van der Waals surface area contributed by atoms with Crippen LogP contribution in [-0.4, -0.2) is 32.2 Å². The second-order valence-electron chi connectivity index (χ2n) is 8.14. The molecule has 0 atom stereocenters. The fraction of sp³-hybridized carbons (Fsp3) is 0.154. The maximum absolute atomic E-state index is 13.4. The summed E-state index contributed by atoms with van der Waals surface area (Å²) >= 11 is 12.4. The van der Waals surface area contributed by atoms with Crippen molar-refractivity contribution in [2.24, 2.45) is 0 Å². The molecule has 0 spiro atoms. The Labute approximate surface area is 211 Å². The van der Waals surface area contributed by atoms with Gasteiger partial charge in [-0.05, 0) is 47.9 Å². The molecule has 7 nitrogen and oxygen atoms in total. The molecule has 1 amide bonds. The molecule has 0 N–H and O–H groups in total. The Kier molecular flexibility index (Phi) is 7.19. The number of hydrogen-bond donors (Lipinski definition) is 0. The van der Waals surface area contributed by atoms with Crippen LogP contribution >= 0.6 is 23.2 Å². The Hall–Kier alpha value is -3.68. The Balaban J connectivity index is 1.84. The average Bonchev–Trinajstić information content (AvgIpc) is 2.84. The van der Waals surface area contributed by atoms with E-state index in [4.69, 9.17) is 23.2 Å². The molecule has 9 heteroatoms. The quantitative estimate of drug-likeness (QED) is 0.388. The summed E-state index contributed by atoms with van der Waals surface area (Å²) in [7, 11) is 1.58. The lowest BCUT2D eigenvalue weighted by molar-refractivity contribution is 0.0773. The summed E-state index contributed by atoms with van der Waals surface area (Å²) in [5.74, 6) is -0.606. The fourth-order valence-electron chi connectivity index (χ4n) is 3.60. The molecule has 0 unspecified atom stereocenters. The number of benzene rings is 3. The number of halogens is 2. The van der Waals surface area contributed by atoms with E-state index in [1.54, 1.807) is 49.5 Å². The molecule has 4 aromatic rings. The van der Waals surface area contributed by atoms with E-state index in [-0.39, 0.29) is 18.8 Å². The van der Waals surface area contributed by atoms with E-state index in [2.05, 4.69) is 5.10 Å². The van der Waals surface area contributed by atoms with Crippen LogP contribution in [-0.2, 0) is 13.1 Å². The Morgan fingerprint density at radius 2 is 1.66 bits per heavy atom. The third kappa shape index (κ3) is 5.37. The van der Waals surface area contributed by atoms with Crippen molar-refractivity contribution in [1.82, 2.24) is 19.2 Å². The molecule has 0 aliphatic carbocycles. The van der Waals surface area contributed by atoms with Gasteiger partial charge in [-0.1, -0.05) is 71.7 Å². The van der Waals surface area contributed by atoms with E-state index in [0.717, 1.165) is 20.4 Å². The predicted octanol–water partition coefficient (Wildman–Crippen LogP) is 4.33. The number of nitrogens with zero attached hydrogens (tertiary/aromatic N) is 4. The first kappa shape index (κ1) is 24.4. The van der Waals surface area contributed by atoms with Gasteiger partial charge in [0, 0.05) is 23.6 Å². The van der Waals surface area contributed by atoms with Crippen molar-refractivity contribution in [3.63, 3.8) is 0 Å². The summed E-state index contributed by atoms with van der Waals surface area (Å²) < 4.78 is 2.01. The zero-order valence-corrected chi connectivity index (χ0v) is 20.6. The van der Waals surface area contributed by atoms with Crippen molar-refractivity contribution in [2.75, 3.05) is 7.05 Å². The number of aryl methyl sites for hydroxylation is 1. The minimum Gasteiger partial charge on any atom is -0.336 e. The van der Waals surface area contributed by atoms with Gasteiger partial charge in [-0.25, -0.2) is 4.79 Å². The Morgan fingerprint density at radius 1 is 0.943 bits per heavy atom. The minimum absolute atomic E-state index is 0.0803. The van der Waals surface area contributed by atoms with Gasteiger partial charge < -0.3 is 4.90 Å². The van der Waals surface area contributed by atoms with Gasteiger partial charge in [0.15, 0.2) is 0 Å². The average molecular weight is 509 g/mol. The number of aromatic nitrogens is 3. The number of carbonyl (C=O) groups excluding carboxylic acids is 1. The van der Waals surface area contributed by atoms with Crippen molar-refractivity contribution < 1.29 is 4.79 Å². The molecule has 4 rings (SSSR count). The lowest BCUT2D eigenvalue weighted by Gasteiger charge is -2.18. The summed E-state index contributed by atoms with van der Waals surface area (Å²) in [6.07, 6.45) is 0. The van der Waals surface area contributed by atoms with Crippen LogP contribution in [0.5, 0.6) is 0 Å². The highest BCUT2D eigenvalue weighted by atomic mass is 35.5. The standard InChI is InChI=1S/C26H22Cl2N4O3/c1-17-11-12-21(14-22(17)28)32-26(35)31(16-19-9-6-10-20(27)13-19)25(34)23(29-32)24(33)30(2)15-18-7-4-3-5-8-18/h3-14H,15-16H2,1-2H3. The SMILES string of the molecule is Cc1ccc(-n2nc(C(=O)N(C)Cc3ccccc3)c(=O)n(Cc3cccc(Cl)c3)c2=O)cc1Cl. The summed E-state index contributed by atoms with van der Waals surface area (Å²) in [6.45, 7) is 2.02. The van der Waals surface area contributed by atoms with Crippen LogP contribution in [0.1, 0.15) is 27.2 Å². The smallest absolute Gasteiger partial charge is 0.336 e. The summed E-state index contributed by atoms with van der Waals surface area (Å²) in [6, 6.07) is 21.2. The molecule has 0 saturated heterocycles. The van der Waals surface area contributed by atoms with Crippen LogP contribution < -0.4 is 11.2 Å². The summed E-state index contributed by atoms with van der Waals surface area (Å²) in [4.78, 5) is 41.5. The zero-order valence-electron chi connectivity index (χ0n) is 19.1. The molecule has 3 aromatic carbocycles. The van der Waals surface area contributed by atoms with Gasteiger partial charge in [0.25, 0.3) is 11.5 Å². The molecule has 0 aliphatic rings. The lowest BCUT2D eigenvalue weighted by atomic mass is 10.2. The number of rotatable bonds is 6. The van der Waals surface area contributed by atoms with Gasteiger partial charge in [-0.15, -0.1) is 0 Å². The number of amides is 1. The van der Waals surface area contributed by atoms with E-state index in [0.29, 0.717) is 21.3 Å². The first-order chi connectivity index (χ1) is 16.7. The highest BCUT2D eigenvalue weighted by Gasteiger charge is 2.23. The van der Waals surface area contributed by atoms with Gasteiger partial charge in [-0.2, -0.15) is 9.78 Å². The van der Waals surface area contributed by atoms with Crippen molar-refractivity contribution in [1.29, 1.82) is 0 Å². The number of hydrogen-bond acceptors (Lipinski definition) is 4. The predicted molar refractivity (Wildman–Crippen MR) is 137 cm³/mol. The van der Waals surface area contributed by atoms with Crippen LogP contribution in [0.15, 0.2) is 82.4 Å². The number of carbonyl (C=O) groups is 1. The second-order valence-corrected chi connectivity index (χ2v) is 8.99. The molecule has 0 aliphatic heterocycles. The fourth-order valence-corrected chi connectivity index (χ4v) is 3.99. The van der Waals surface area contributed by atoms with Gasteiger partial charge >= 0.3 is 5.69 Å². The third-order valence-corrected chi connectivity index (χ3v) is 6.14. The molecule has 35 heavy (non-hydrogen) atoms. The molecule has 1 aromatic heterocycles. The van der Waals surface area contributed by atoms with E-state index in [9.17, 15) is 14.4 Å². The van der Waals surface area contributed by atoms with Crippen molar-refractivity contribution in [3.05, 3.63) is 126 Å². The van der Waals surface area contributed by atoms with Crippen LogP contribution in [0.25, 0.3) is 5.69 Å². The minimum atomic E-state index is -0.783. The van der Waals surface area contributed by atoms with Gasteiger partial charge in [-0.3, -0.25) is 14.2 Å². The normalized spacial score (nSPS) is 10.9. The van der Waals surface area contributed by atoms with Crippen molar-refractivity contribution in [3.8, 4) is 5.69 Å². The molecule has 0 saturated carbocycles. The highest BCUT2D eigenvalue weighted by molar-refractivity contribution is 6.31. The maximum atomic E-state index is 13.4. The lowest BCUT2D eigenvalue weighted by Crippen LogP contribution is -2.46. The van der Waals surface area contributed by atoms with Crippen molar-refractivity contribution >= 4 is 29.1 Å². The highest BCUT2D eigenvalue weighted by Crippen LogP contribution is 2.18. The van der Waals surface area contributed by atoms with E-state index >= 15 is 0 Å². The van der Waals surface area contributed by atoms with E-state index < -0.39 is 17.2 Å². The molecular formula is C26H22Cl2N4O3. The van der Waals surface area contributed by atoms with E-state index in [1.165, 1.54) is 4.90 Å². The van der Waals surface area contributed by atoms with Crippen molar-refractivity contribution in [2.45, 2.75) is 20.0 Å². The van der Waals surface area contributed by atoms with Gasteiger partial charge in [0.2, 0.25) is 5.69 Å². The summed E-state index contributed by atoms with van der Waals surface area (Å²) in [5, 5.41) is 5.09. The van der Waals surface area contributed by atoms with Gasteiger partial charge in [0.05, 0.1) is 12.2 Å². The van der Waals surface area contributed by atoms with Crippen LogP contribution in [0.3, 0.4) is 0 Å². The molecule has 178 valence electrons. The largest absolute Gasteiger partial charge is 0.352 e. The third-order valence-electron chi connectivity index (χ3n) is 5.50. The van der Waals surface area contributed by atoms with E-state index in [1.807, 2.05) is 37.3 Å².